The van der Waals surface area contributed by atoms with E-state index in [1.54, 1.807) is 6.20 Å². The molecule has 29 heavy (non-hydrogen) atoms. The average Bonchev–Trinajstić information content (AvgIpc) is 2.71. The third-order valence-electron chi connectivity index (χ3n) is 5.90. The Kier molecular flexibility index (Phi) is 6.23. The number of nitrogens with zero attached hydrogens (tertiary/aromatic N) is 3. The molecule has 0 bridgehead atoms. The topological polar surface area (TPSA) is 68.7 Å². The number of fused-ring (bicyclic) bond motifs is 1. The number of aliphatic hydroxyl groups is 1. The fraction of sp³-hybridized carbons (Fsp3) is 0.478. The molecule has 1 atom stereocenters. The molecule has 1 aromatic heterocycles. The Morgan fingerprint density at radius 3 is 2.86 bits per heavy atom. The number of aromatic nitrogens is 1. The number of likely N-dealkylation sites (tertiary alicyclic amines) is 1. The van der Waals surface area contributed by atoms with E-state index in [1.165, 1.54) is 11.1 Å². The molecule has 3 heterocycles. The number of carbonyl (C=O) groups is 1. The summed E-state index contributed by atoms with van der Waals surface area (Å²) in [4.78, 5) is 21.2. The molecule has 154 valence electrons. The number of pyridine rings is 1. The third-order valence-corrected chi connectivity index (χ3v) is 5.90. The van der Waals surface area contributed by atoms with Gasteiger partial charge in [-0.1, -0.05) is 24.3 Å². The summed E-state index contributed by atoms with van der Waals surface area (Å²) < 4.78 is 0. The van der Waals surface area contributed by atoms with Crippen LogP contribution in [-0.4, -0.2) is 71.7 Å². The number of rotatable bonds is 7. The minimum atomic E-state index is -0.599. The predicted octanol–water partition coefficient (Wildman–Crippen LogP) is 1.33. The largest absolute Gasteiger partial charge is 0.390 e. The quantitative estimate of drug-likeness (QED) is 0.742. The van der Waals surface area contributed by atoms with E-state index in [2.05, 4.69) is 51.4 Å². The Bertz CT molecular complexity index is 850. The molecule has 2 aliphatic rings. The monoisotopic (exact) mass is 394 g/mol. The molecule has 0 saturated carbocycles. The molecule has 0 radical (unpaired) electrons. The molecular weight excluding hydrogens is 364 g/mol. The van der Waals surface area contributed by atoms with Crippen LogP contribution in [0.4, 0.5) is 0 Å². The van der Waals surface area contributed by atoms with Gasteiger partial charge in [-0.2, -0.15) is 0 Å². The number of aliphatic hydroxyl groups excluding tert-OH is 1. The van der Waals surface area contributed by atoms with E-state index >= 15 is 0 Å². The molecule has 2 aliphatic heterocycles. The first-order chi connectivity index (χ1) is 14.1. The molecule has 2 aromatic rings. The van der Waals surface area contributed by atoms with Crippen molar-refractivity contribution in [2.75, 3.05) is 39.8 Å². The highest BCUT2D eigenvalue weighted by Gasteiger charge is 2.23. The number of benzene rings is 1. The molecule has 0 aliphatic carbocycles. The summed E-state index contributed by atoms with van der Waals surface area (Å²) in [7, 11) is 2.12. The second-order valence-electron chi connectivity index (χ2n) is 8.46. The maximum Gasteiger partial charge on any atom is 0.269 e. The van der Waals surface area contributed by atoms with Crippen LogP contribution in [0.25, 0.3) is 0 Å². The minimum absolute atomic E-state index is 0.222. The van der Waals surface area contributed by atoms with Gasteiger partial charge >= 0.3 is 0 Å². The third kappa shape index (κ3) is 5.21. The van der Waals surface area contributed by atoms with E-state index in [1.807, 2.05) is 12.1 Å². The standard InChI is InChI=1S/C23H30N4O2/c1-26-13-18(14-26)10-17-6-8-24-22(11-17)23(29)25-12-21(28)16-27-9-7-19-4-2-3-5-20(19)15-27/h2-6,8,11,18,21,28H,7,9-10,12-16H2,1H3,(H,25,29)/t21-/m0/s1. The lowest BCUT2D eigenvalue weighted by Crippen LogP contribution is -2.44. The molecule has 4 rings (SSSR count). The number of hydrogen-bond acceptors (Lipinski definition) is 5. The fourth-order valence-corrected chi connectivity index (χ4v) is 4.39. The van der Waals surface area contributed by atoms with E-state index < -0.39 is 6.10 Å². The summed E-state index contributed by atoms with van der Waals surface area (Å²) in [5.41, 5.74) is 4.30. The lowest BCUT2D eigenvalue weighted by molar-refractivity contribution is 0.0838. The highest BCUT2D eigenvalue weighted by atomic mass is 16.3. The van der Waals surface area contributed by atoms with Crippen molar-refractivity contribution in [2.24, 2.45) is 5.92 Å². The summed E-state index contributed by atoms with van der Waals surface area (Å²) in [6, 6.07) is 12.3. The first-order valence-corrected chi connectivity index (χ1v) is 10.5. The van der Waals surface area contributed by atoms with Crippen LogP contribution in [0.2, 0.25) is 0 Å². The average molecular weight is 395 g/mol. The van der Waals surface area contributed by atoms with Crippen LogP contribution in [0.5, 0.6) is 0 Å². The van der Waals surface area contributed by atoms with Gasteiger partial charge in [0.05, 0.1) is 6.10 Å². The first kappa shape index (κ1) is 20.0. The highest BCUT2D eigenvalue weighted by Crippen LogP contribution is 2.19. The zero-order valence-corrected chi connectivity index (χ0v) is 17.1. The molecule has 1 amide bonds. The number of nitrogens with one attached hydrogen (secondary N) is 1. The Labute approximate surface area is 172 Å². The van der Waals surface area contributed by atoms with E-state index in [9.17, 15) is 9.90 Å². The Hall–Kier alpha value is -2.28. The maximum absolute atomic E-state index is 12.5. The fourth-order valence-electron chi connectivity index (χ4n) is 4.39. The van der Waals surface area contributed by atoms with Crippen molar-refractivity contribution in [1.82, 2.24) is 20.1 Å². The molecule has 0 unspecified atom stereocenters. The predicted molar refractivity (Wildman–Crippen MR) is 113 cm³/mol. The van der Waals surface area contributed by atoms with E-state index in [0.717, 1.165) is 44.6 Å². The van der Waals surface area contributed by atoms with Gasteiger partial charge in [0.1, 0.15) is 5.69 Å². The van der Waals surface area contributed by atoms with E-state index in [4.69, 9.17) is 0 Å². The Morgan fingerprint density at radius 1 is 1.28 bits per heavy atom. The summed E-state index contributed by atoms with van der Waals surface area (Å²) in [5.74, 6) is 0.440. The van der Waals surface area contributed by atoms with Crippen molar-refractivity contribution in [2.45, 2.75) is 25.5 Å². The first-order valence-electron chi connectivity index (χ1n) is 10.5. The Balaban J connectivity index is 1.24. The normalized spacial score (nSPS) is 18.7. The summed E-state index contributed by atoms with van der Waals surface area (Å²) in [5, 5.41) is 13.2. The molecule has 0 spiro atoms. The van der Waals surface area contributed by atoms with Crippen molar-refractivity contribution < 1.29 is 9.90 Å². The second kappa shape index (κ2) is 9.03. The van der Waals surface area contributed by atoms with E-state index in [-0.39, 0.29) is 12.5 Å². The smallest absolute Gasteiger partial charge is 0.269 e. The van der Waals surface area contributed by atoms with Crippen LogP contribution in [0, 0.1) is 5.92 Å². The van der Waals surface area contributed by atoms with Crippen molar-refractivity contribution in [3.05, 3.63) is 65.0 Å². The van der Waals surface area contributed by atoms with Gasteiger partial charge in [-0.15, -0.1) is 0 Å². The van der Waals surface area contributed by atoms with Gasteiger partial charge < -0.3 is 15.3 Å². The number of β-amino-alcohol motifs (C(OH)–C–C–N with tert-alkyl or cyclic N) is 1. The maximum atomic E-state index is 12.5. The molecule has 1 fully saturated rings. The van der Waals surface area contributed by atoms with Crippen LogP contribution < -0.4 is 5.32 Å². The van der Waals surface area contributed by atoms with Crippen LogP contribution >= 0.6 is 0 Å². The zero-order valence-electron chi connectivity index (χ0n) is 17.1. The summed E-state index contributed by atoms with van der Waals surface area (Å²) >= 11 is 0. The van der Waals surface area contributed by atoms with Crippen molar-refractivity contribution >= 4 is 5.91 Å². The second-order valence-corrected chi connectivity index (χ2v) is 8.46. The van der Waals surface area contributed by atoms with Gasteiger partial charge in [-0.3, -0.25) is 14.7 Å². The molecule has 6 nitrogen and oxygen atoms in total. The van der Waals surface area contributed by atoms with Crippen molar-refractivity contribution in [3.8, 4) is 0 Å². The van der Waals surface area contributed by atoms with Crippen LogP contribution in [0.3, 0.4) is 0 Å². The molecule has 1 saturated heterocycles. The number of amides is 1. The van der Waals surface area contributed by atoms with Crippen LogP contribution in [0.15, 0.2) is 42.6 Å². The number of hydrogen-bond donors (Lipinski definition) is 2. The van der Waals surface area contributed by atoms with E-state index in [0.29, 0.717) is 18.2 Å². The van der Waals surface area contributed by atoms with Crippen molar-refractivity contribution in [1.29, 1.82) is 0 Å². The molecule has 6 heteroatoms. The lowest BCUT2D eigenvalue weighted by atomic mass is 9.93. The van der Waals surface area contributed by atoms with Crippen molar-refractivity contribution in [3.63, 3.8) is 0 Å². The van der Waals surface area contributed by atoms with Crippen LogP contribution in [-0.2, 0) is 19.4 Å². The molecular formula is C23H30N4O2. The van der Waals surface area contributed by atoms with Gasteiger partial charge in [0.2, 0.25) is 0 Å². The molecule has 2 N–H and O–H groups in total. The lowest BCUT2D eigenvalue weighted by Gasteiger charge is -2.36. The summed E-state index contributed by atoms with van der Waals surface area (Å²) in [6.45, 7) is 4.78. The van der Waals surface area contributed by atoms with Crippen LogP contribution in [0.1, 0.15) is 27.2 Å². The van der Waals surface area contributed by atoms with Gasteiger partial charge in [-0.05, 0) is 54.6 Å². The van der Waals surface area contributed by atoms with Gasteiger partial charge in [0, 0.05) is 45.5 Å². The van der Waals surface area contributed by atoms with Gasteiger partial charge in [0.15, 0.2) is 0 Å². The highest BCUT2D eigenvalue weighted by molar-refractivity contribution is 5.92. The van der Waals surface area contributed by atoms with Gasteiger partial charge in [0.25, 0.3) is 5.91 Å². The Morgan fingerprint density at radius 2 is 2.07 bits per heavy atom. The SMILES string of the molecule is CN1CC(Cc2ccnc(C(=O)NC[C@H](O)CN3CCc4ccccc4C3)c2)C1. The van der Waals surface area contributed by atoms with Gasteiger partial charge in [-0.25, -0.2) is 0 Å². The zero-order chi connectivity index (χ0) is 20.2. The number of carbonyl (C=O) groups excluding carboxylic acids is 1. The summed E-state index contributed by atoms with van der Waals surface area (Å²) in [6.07, 6.45) is 3.08. The minimum Gasteiger partial charge on any atom is -0.390 e. The molecule has 1 aromatic carbocycles.